The van der Waals surface area contributed by atoms with Crippen LogP contribution in [0.4, 0.5) is 5.95 Å². The first-order valence-corrected chi connectivity index (χ1v) is 8.10. The number of anilines is 1. The Morgan fingerprint density at radius 1 is 1.17 bits per heavy atom. The molecule has 1 saturated carbocycles. The van der Waals surface area contributed by atoms with Gasteiger partial charge in [-0.2, -0.15) is 0 Å². The number of nitrogens with one attached hydrogen (secondary N) is 1. The molecular weight excluding hydrogens is 288 g/mol. The van der Waals surface area contributed by atoms with Crippen molar-refractivity contribution in [1.82, 2.24) is 14.9 Å². The van der Waals surface area contributed by atoms with E-state index in [0.29, 0.717) is 24.1 Å². The molecule has 5 heteroatoms. The molecule has 3 rings (SSSR count). The minimum atomic E-state index is -0.0683. The van der Waals surface area contributed by atoms with E-state index in [1.165, 1.54) is 25.7 Å². The molecule has 1 aliphatic rings. The molecule has 1 N–H and O–H groups in total. The number of rotatable bonds is 5. The van der Waals surface area contributed by atoms with E-state index in [0.717, 1.165) is 5.56 Å². The minimum absolute atomic E-state index is 0.0683. The number of nitrogens with zero attached hydrogens (tertiary/aromatic N) is 3. The van der Waals surface area contributed by atoms with Crippen LogP contribution in [0, 0.1) is 0 Å². The Labute approximate surface area is 136 Å². The third-order valence-corrected chi connectivity index (χ3v) is 4.20. The summed E-state index contributed by atoms with van der Waals surface area (Å²) in [5.41, 5.74) is 1.61. The van der Waals surface area contributed by atoms with Crippen molar-refractivity contribution < 1.29 is 4.79 Å². The molecule has 1 amide bonds. The highest BCUT2D eigenvalue weighted by Gasteiger charge is 2.17. The van der Waals surface area contributed by atoms with Crippen molar-refractivity contribution in [1.29, 1.82) is 0 Å². The fourth-order valence-corrected chi connectivity index (χ4v) is 2.92. The number of aromatic nitrogens is 2. The van der Waals surface area contributed by atoms with E-state index >= 15 is 0 Å². The Morgan fingerprint density at radius 3 is 2.48 bits per heavy atom. The Morgan fingerprint density at radius 2 is 1.83 bits per heavy atom. The number of hydrogen-bond acceptors (Lipinski definition) is 4. The van der Waals surface area contributed by atoms with Crippen molar-refractivity contribution in [3.05, 3.63) is 53.9 Å². The van der Waals surface area contributed by atoms with Crippen LogP contribution in [0.15, 0.2) is 42.7 Å². The summed E-state index contributed by atoms with van der Waals surface area (Å²) in [4.78, 5) is 22.7. The molecule has 0 radical (unpaired) electrons. The lowest BCUT2D eigenvalue weighted by molar-refractivity contribution is 0.0784. The van der Waals surface area contributed by atoms with Gasteiger partial charge in [0.25, 0.3) is 5.91 Å². The fourth-order valence-electron chi connectivity index (χ4n) is 2.92. The lowest BCUT2D eigenvalue weighted by Crippen LogP contribution is -2.26. The highest BCUT2D eigenvalue weighted by atomic mass is 16.2. The van der Waals surface area contributed by atoms with Crippen LogP contribution in [0.3, 0.4) is 0 Å². The quantitative estimate of drug-likeness (QED) is 0.922. The number of carbonyl (C=O) groups excluding carboxylic acids is 1. The highest BCUT2D eigenvalue weighted by molar-refractivity contribution is 5.93. The molecule has 23 heavy (non-hydrogen) atoms. The number of carbonyl (C=O) groups is 1. The molecule has 5 nitrogen and oxygen atoms in total. The summed E-state index contributed by atoms with van der Waals surface area (Å²) in [5, 5.41) is 3.33. The first kappa shape index (κ1) is 15.5. The van der Waals surface area contributed by atoms with Gasteiger partial charge in [-0.3, -0.25) is 4.79 Å². The van der Waals surface area contributed by atoms with Gasteiger partial charge in [0.05, 0.1) is 5.56 Å². The van der Waals surface area contributed by atoms with Gasteiger partial charge >= 0.3 is 0 Å². The zero-order chi connectivity index (χ0) is 16.1. The van der Waals surface area contributed by atoms with Gasteiger partial charge in [0, 0.05) is 32.0 Å². The Bertz CT molecular complexity index is 636. The summed E-state index contributed by atoms with van der Waals surface area (Å²) in [6.45, 7) is 0.571. The lowest BCUT2D eigenvalue weighted by Gasteiger charge is -2.17. The van der Waals surface area contributed by atoms with E-state index in [9.17, 15) is 4.79 Å². The molecule has 0 atom stereocenters. The van der Waals surface area contributed by atoms with Crippen LogP contribution in [0.2, 0.25) is 0 Å². The lowest BCUT2D eigenvalue weighted by atomic mass is 10.2. The van der Waals surface area contributed by atoms with Crippen LogP contribution in [0.25, 0.3) is 0 Å². The van der Waals surface area contributed by atoms with E-state index in [2.05, 4.69) is 15.3 Å². The van der Waals surface area contributed by atoms with Crippen LogP contribution in [-0.2, 0) is 6.54 Å². The summed E-state index contributed by atoms with van der Waals surface area (Å²) < 4.78 is 0. The zero-order valence-corrected chi connectivity index (χ0v) is 13.4. The molecule has 0 bridgehead atoms. The monoisotopic (exact) mass is 310 g/mol. The first-order valence-electron chi connectivity index (χ1n) is 8.10. The van der Waals surface area contributed by atoms with Gasteiger partial charge in [0.1, 0.15) is 0 Å². The van der Waals surface area contributed by atoms with Crippen molar-refractivity contribution in [3.63, 3.8) is 0 Å². The van der Waals surface area contributed by atoms with Crippen LogP contribution in [-0.4, -0.2) is 33.9 Å². The summed E-state index contributed by atoms with van der Waals surface area (Å²) in [6.07, 6.45) is 8.08. The summed E-state index contributed by atoms with van der Waals surface area (Å²) in [6, 6.07) is 10.4. The van der Waals surface area contributed by atoms with Gasteiger partial charge in [-0.1, -0.05) is 43.2 Å². The molecule has 0 spiro atoms. The van der Waals surface area contributed by atoms with Crippen LogP contribution >= 0.6 is 0 Å². The van der Waals surface area contributed by atoms with Crippen molar-refractivity contribution in [3.8, 4) is 0 Å². The van der Waals surface area contributed by atoms with E-state index < -0.39 is 0 Å². The minimum Gasteiger partial charge on any atom is -0.351 e. The summed E-state index contributed by atoms with van der Waals surface area (Å²) >= 11 is 0. The third kappa shape index (κ3) is 4.06. The normalized spacial score (nSPS) is 14.7. The van der Waals surface area contributed by atoms with Crippen molar-refractivity contribution in [2.75, 3.05) is 12.4 Å². The Kier molecular flexibility index (Phi) is 4.86. The molecule has 0 saturated heterocycles. The second-order valence-corrected chi connectivity index (χ2v) is 6.07. The smallest absolute Gasteiger partial charge is 0.257 e. The molecule has 0 unspecified atom stereocenters. The predicted molar refractivity (Wildman–Crippen MR) is 90.2 cm³/mol. The van der Waals surface area contributed by atoms with Gasteiger partial charge in [-0.05, 0) is 18.4 Å². The molecule has 120 valence electrons. The Balaban J connectivity index is 1.60. The van der Waals surface area contributed by atoms with Crippen LogP contribution < -0.4 is 5.32 Å². The second-order valence-electron chi connectivity index (χ2n) is 6.07. The number of benzene rings is 1. The van der Waals surface area contributed by atoms with Crippen LogP contribution in [0.1, 0.15) is 41.6 Å². The van der Waals surface area contributed by atoms with Gasteiger partial charge in [0.15, 0.2) is 0 Å². The highest BCUT2D eigenvalue weighted by Crippen LogP contribution is 2.20. The van der Waals surface area contributed by atoms with Crippen molar-refractivity contribution in [2.45, 2.75) is 38.3 Å². The predicted octanol–water partition coefficient (Wildman–Crippen LogP) is 3.10. The van der Waals surface area contributed by atoms with E-state index in [-0.39, 0.29) is 5.91 Å². The standard InChI is InChI=1S/C18H22N4O/c1-22(13-14-7-3-2-4-8-14)17(23)15-11-19-18(20-12-15)21-16-9-5-6-10-16/h2-4,7-8,11-12,16H,5-6,9-10,13H2,1H3,(H,19,20,21). The first-order chi connectivity index (χ1) is 11.2. The summed E-state index contributed by atoms with van der Waals surface area (Å²) in [5.74, 6) is 0.542. The Hall–Kier alpha value is -2.43. The average molecular weight is 310 g/mol. The molecule has 1 heterocycles. The fraction of sp³-hybridized carbons (Fsp3) is 0.389. The van der Waals surface area contributed by atoms with Gasteiger partial charge < -0.3 is 10.2 Å². The molecule has 1 aromatic heterocycles. The number of amides is 1. The molecule has 1 fully saturated rings. The largest absolute Gasteiger partial charge is 0.351 e. The second kappa shape index (κ2) is 7.22. The molecule has 0 aliphatic heterocycles. The molecule has 2 aromatic rings. The molecular formula is C18H22N4O. The van der Waals surface area contributed by atoms with Gasteiger partial charge in [-0.15, -0.1) is 0 Å². The third-order valence-electron chi connectivity index (χ3n) is 4.20. The molecule has 1 aliphatic carbocycles. The average Bonchev–Trinajstić information content (AvgIpc) is 3.09. The summed E-state index contributed by atoms with van der Waals surface area (Å²) in [7, 11) is 1.79. The SMILES string of the molecule is CN(Cc1ccccc1)C(=O)c1cnc(NC2CCCC2)nc1. The van der Waals surface area contributed by atoms with Crippen molar-refractivity contribution in [2.24, 2.45) is 0 Å². The van der Waals surface area contributed by atoms with E-state index in [1.54, 1.807) is 24.3 Å². The number of hydrogen-bond donors (Lipinski definition) is 1. The maximum atomic E-state index is 12.4. The van der Waals surface area contributed by atoms with Crippen molar-refractivity contribution >= 4 is 11.9 Å². The van der Waals surface area contributed by atoms with Gasteiger partial charge in [0.2, 0.25) is 5.95 Å². The van der Waals surface area contributed by atoms with E-state index in [1.807, 2.05) is 30.3 Å². The van der Waals surface area contributed by atoms with Gasteiger partial charge in [-0.25, -0.2) is 9.97 Å². The maximum Gasteiger partial charge on any atom is 0.257 e. The zero-order valence-electron chi connectivity index (χ0n) is 13.4. The van der Waals surface area contributed by atoms with E-state index in [4.69, 9.17) is 0 Å². The maximum absolute atomic E-state index is 12.4. The van der Waals surface area contributed by atoms with Crippen LogP contribution in [0.5, 0.6) is 0 Å². The topological polar surface area (TPSA) is 58.1 Å². The molecule has 1 aromatic carbocycles.